The maximum absolute atomic E-state index is 13.5. The number of aromatic nitrogens is 4. The molecule has 0 aliphatic heterocycles. The quantitative estimate of drug-likeness (QED) is 0.600. The number of carbonyl (C=O) groups excluding carboxylic acids is 1. The first-order valence-corrected chi connectivity index (χ1v) is 7.98. The highest BCUT2D eigenvalue weighted by molar-refractivity contribution is 6.30. The zero-order valence-corrected chi connectivity index (χ0v) is 13.9. The van der Waals surface area contributed by atoms with Crippen molar-refractivity contribution in [2.75, 3.05) is 5.32 Å². The van der Waals surface area contributed by atoms with E-state index in [0.29, 0.717) is 21.6 Å². The van der Waals surface area contributed by atoms with Crippen LogP contribution < -0.4 is 11.0 Å². The summed E-state index contributed by atoms with van der Waals surface area (Å²) in [5.74, 6) is -0.892. The lowest BCUT2D eigenvalue weighted by atomic mass is 10.2. The molecule has 26 heavy (non-hydrogen) atoms. The topological polar surface area (TPSA) is 81.3 Å². The van der Waals surface area contributed by atoms with Gasteiger partial charge in [0.2, 0.25) is 5.91 Å². The van der Waals surface area contributed by atoms with Crippen LogP contribution >= 0.6 is 11.6 Å². The van der Waals surface area contributed by atoms with E-state index in [1.165, 1.54) is 28.9 Å². The highest BCUT2D eigenvalue weighted by atomic mass is 35.5. The molecule has 0 atom stereocenters. The number of benzene rings is 2. The molecule has 4 aromatic rings. The van der Waals surface area contributed by atoms with Crippen molar-refractivity contribution in [2.24, 2.45) is 0 Å². The predicted octanol–water partition coefficient (Wildman–Crippen LogP) is 2.48. The number of nitrogens with one attached hydrogen (secondary N) is 1. The van der Waals surface area contributed by atoms with E-state index in [9.17, 15) is 14.0 Å². The van der Waals surface area contributed by atoms with Gasteiger partial charge in [0.05, 0.1) is 5.52 Å². The van der Waals surface area contributed by atoms with Gasteiger partial charge >= 0.3 is 5.69 Å². The van der Waals surface area contributed by atoms with Crippen molar-refractivity contribution in [1.82, 2.24) is 19.2 Å². The van der Waals surface area contributed by atoms with Crippen molar-refractivity contribution in [3.63, 3.8) is 0 Å². The fourth-order valence-electron chi connectivity index (χ4n) is 2.60. The van der Waals surface area contributed by atoms with Crippen molar-refractivity contribution in [1.29, 1.82) is 0 Å². The van der Waals surface area contributed by atoms with Gasteiger partial charge in [0, 0.05) is 16.1 Å². The number of carbonyl (C=O) groups is 1. The Morgan fingerprint density at radius 2 is 1.96 bits per heavy atom. The van der Waals surface area contributed by atoms with E-state index in [-0.39, 0.29) is 12.2 Å². The lowest BCUT2D eigenvalue weighted by Crippen LogP contribution is -2.28. The Morgan fingerprint density at radius 1 is 1.19 bits per heavy atom. The van der Waals surface area contributed by atoms with Crippen molar-refractivity contribution in [3.8, 4) is 0 Å². The zero-order valence-electron chi connectivity index (χ0n) is 13.2. The van der Waals surface area contributed by atoms with Crippen LogP contribution in [0.15, 0.2) is 53.6 Å². The van der Waals surface area contributed by atoms with Crippen LogP contribution in [0.25, 0.3) is 16.6 Å². The summed E-state index contributed by atoms with van der Waals surface area (Å²) in [5, 5.41) is 7.75. The van der Waals surface area contributed by atoms with Gasteiger partial charge in [-0.15, -0.1) is 5.10 Å². The molecule has 2 aromatic heterocycles. The molecule has 0 bridgehead atoms. The summed E-state index contributed by atoms with van der Waals surface area (Å²) in [6.07, 6.45) is 1.30. The number of hydrogen-bond donors (Lipinski definition) is 1. The third-order valence-corrected chi connectivity index (χ3v) is 4.06. The fraction of sp³-hybridized carbons (Fsp3) is 0.0588. The Balaban J connectivity index is 1.68. The molecule has 0 aliphatic rings. The molecule has 0 aliphatic carbocycles. The minimum Gasteiger partial charge on any atom is -0.324 e. The molecule has 0 radical (unpaired) electrons. The third kappa shape index (κ3) is 2.91. The number of hydrogen-bond acceptors (Lipinski definition) is 4. The summed E-state index contributed by atoms with van der Waals surface area (Å²) < 4.78 is 15.7. The van der Waals surface area contributed by atoms with E-state index in [1.54, 1.807) is 24.3 Å². The lowest BCUT2D eigenvalue weighted by molar-refractivity contribution is -0.117. The minimum atomic E-state index is -0.537. The first kappa shape index (κ1) is 16.2. The first-order valence-electron chi connectivity index (χ1n) is 7.60. The molecule has 0 spiro atoms. The molecule has 0 unspecified atom stereocenters. The predicted molar refractivity (Wildman–Crippen MR) is 94.8 cm³/mol. The van der Waals surface area contributed by atoms with Crippen LogP contribution in [0.3, 0.4) is 0 Å². The summed E-state index contributed by atoms with van der Waals surface area (Å²) in [5.41, 5.74) is 0.746. The van der Waals surface area contributed by atoms with E-state index in [1.807, 2.05) is 0 Å². The Labute approximate surface area is 150 Å². The average molecular weight is 372 g/mol. The molecule has 9 heteroatoms. The van der Waals surface area contributed by atoms with Gasteiger partial charge in [-0.2, -0.15) is 0 Å². The molecular weight excluding hydrogens is 361 g/mol. The number of anilines is 1. The number of amides is 1. The third-order valence-electron chi connectivity index (χ3n) is 3.80. The molecule has 0 fully saturated rings. The Kier molecular flexibility index (Phi) is 3.89. The second kappa shape index (κ2) is 6.23. The molecule has 2 heterocycles. The van der Waals surface area contributed by atoms with E-state index in [2.05, 4.69) is 15.4 Å². The second-order valence-corrected chi connectivity index (χ2v) is 6.03. The average Bonchev–Trinajstić information content (AvgIpc) is 2.93. The Hall–Kier alpha value is -3.26. The van der Waals surface area contributed by atoms with Crippen molar-refractivity contribution in [2.45, 2.75) is 6.54 Å². The number of halogens is 2. The normalized spacial score (nSPS) is 11.2. The van der Waals surface area contributed by atoms with E-state index >= 15 is 0 Å². The molecule has 7 nitrogen and oxygen atoms in total. The molecule has 130 valence electrons. The standard InChI is InChI=1S/C17H11ClFN5O2/c18-10-1-4-12(5-2-10)21-15(25)8-24-17(26)23-9-20-14-6-3-11(19)7-13(14)16(23)22-24/h1-7,9H,8H2,(H,21,25). The van der Waals surface area contributed by atoms with Crippen LogP contribution in [-0.2, 0) is 11.3 Å². The van der Waals surface area contributed by atoms with Gasteiger partial charge in [0.15, 0.2) is 5.65 Å². The summed E-state index contributed by atoms with van der Waals surface area (Å²) in [4.78, 5) is 28.7. The van der Waals surface area contributed by atoms with Crippen LogP contribution in [-0.4, -0.2) is 25.1 Å². The van der Waals surface area contributed by atoms with Crippen LogP contribution in [0, 0.1) is 5.82 Å². The van der Waals surface area contributed by atoms with E-state index in [4.69, 9.17) is 11.6 Å². The van der Waals surface area contributed by atoms with Crippen molar-refractivity contribution in [3.05, 3.63) is 70.1 Å². The lowest BCUT2D eigenvalue weighted by Gasteiger charge is -2.04. The molecule has 1 amide bonds. The summed E-state index contributed by atoms with van der Waals surface area (Å²) in [6, 6.07) is 10.6. The number of nitrogens with zero attached hydrogens (tertiary/aromatic N) is 4. The van der Waals surface area contributed by atoms with Gasteiger partial charge in [-0.05, 0) is 42.5 Å². The van der Waals surface area contributed by atoms with Crippen LogP contribution in [0.2, 0.25) is 5.02 Å². The van der Waals surface area contributed by atoms with E-state index < -0.39 is 17.4 Å². The molecule has 0 saturated heterocycles. The van der Waals surface area contributed by atoms with Gasteiger partial charge in [-0.1, -0.05) is 11.6 Å². The molecule has 0 saturated carbocycles. The molecule has 4 rings (SSSR count). The van der Waals surface area contributed by atoms with Gasteiger partial charge < -0.3 is 5.32 Å². The highest BCUT2D eigenvalue weighted by Gasteiger charge is 2.14. The maximum atomic E-state index is 13.5. The van der Waals surface area contributed by atoms with E-state index in [0.717, 1.165) is 4.68 Å². The summed E-state index contributed by atoms with van der Waals surface area (Å²) in [6.45, 7) is -0.292. The SMILES string of the molecule is O=C(Cn1nc2c3cc(F)ccc3ncn2c1=O)Nc1ccc(Cl)cc1. The Morgan fingerprint density at radius 3 is 2.73 bits per heavy atom. The van der Waals surface area contributed by atoms with Crippen LogP contribution in [0.4, 0.5) is 10.1 Å². The maximum Gasteiger partial charge on any atom is 0.352 e. The summed E-state index contributed by atoms with van der Waals surface area (Å²) >= 11 is 5.80. The first-order chi connectivity index (χ1) is 12.5. The largest absolute Gasteiger partial charge is 0.352 e. The fourth-order valence-corrected chi connectivity index (χ4v) is 2.73. The highest BCUT2D eigenvalue weighted by Crippen LogP contribution is 2.17. The monoisotopic (exact) mass is 371 g/mol. The molecule has 1 N–H and O–H groups in total. The van der Waals surface area contributed by atoms with Crippen molar-refractivity contribution < 1.29 is 9.18 Å². The van der Waals surface area contributed by atoms with Crippen LogP contribution in [0.5, 0.6) is 0 Å². The molecular formula is C17H11ClFN5O2. The van der Waals surface area contributed by atoms with Gasteiger partial charge in [0.1, 0.15) is 18.7 Å². The molecule has 2 aromatic carbocycles. The Bertz CT molecular complexity index is 1200. The number of fused-ring (bicyclic) bond motifs is 3. The smallest absolute Gasteiger partial charge is 0.324 e. The van der Waals surface area contributed by atoms with Gasteiger partial charge in [-0.3, -0.25) is 4.79 Å². The zero-order chi connectivity index (χ0) is 18.3. The minimum absolute atomic E-state index is 0.235. The van der Waals surface area contributed by atoms with Gasteiger partial charge in [-0.25, -0.2) is 23.3 Å². The van der Waals surface area contributed by atoms with Crippen molar-refractivity contribution >= 4 is 39.7 Å². The summed E-state index contributed by atoms with van der Waals surface area (Å²) in [7, 11) is 0. The second-order valence-electron chi connectivity index (χ2n) is 5.59. The van der Waals surface area contributed by atoms with Gasteiger partial charge in [0.25, 0.3) is 0 Å². The number of rotatable bonds is 3. The van der Waals surface area contributed by atoms with Crippen LogP contribution in [0.1, 0.15) is 0 Å².